The first kappa shape index (κ1) is 21.7. The number of carbonyl (C=O) groups is 2. The molecule has 2 N–H and O–H groups in total. The zero-order valence-corrected chi connectivity index (χ0v) is 18.4. The lowest BCUT2D eigenvalue weighted by molar-refractivity contribution is -0.139. The molecule has 0 bridgehead atoms. The van der Waals surface area contributed by atoms with Crippen LogP contribution in [0.1, 0.15) is 44.5 Å². The van der Waals surface area contributed by atoms with Crippen molar-refractivity contribution in [2.45, 2.75) is 70.8 Å². The minimum atomic E-state index is -0.391. The first-order chi connectivity index (χ1) is 13.9. The predicted molar refractivity (Wildman–Crippen MR) is 111 cm³/mol. The molecule has 2 aliphatic heterocycles. The molecule has 1 aromatic rings. The Labute approximate surface area is 175 Å². The van der Waals surface area contributed by atoms with Crippen molar-refractivity contribution >= 4 is 23.8 Å². The zero-order valence-electron chi connectivity index (χ0n) is 17.5. The number of hydrogen-bond donors (Lipinski definition) is 2. The number of thioether (sulfide) groups is 1. The second-order valence-electron chi connectivity index (χ2n) is 7.27. The summed E-state index contributed by atoms with van der Waals surface area (Å²) in [5.41, 5.74) is 3.17. The van der Waals surface area contributed by atoms with Crippen molar-refractivity contribution < 1.29 is 19.1 Å². The third-order valence-electron chi connectivity index (χ3n) is 5.33. The van der Waals surface area contributed by atoms with Crippen LogP contribution in [0.5, 0.6) is 0 Å². The van der Waals surface area contributed by atoms with Crippen LogP contribution in [-0.4, -0.2) is 52.7 Å². The Morgan fingerprint density at radius 3 is 2.83 bits per heavy atom. The second kappa shape index (κ2) is 9.67. The number of nitrogens with one attached hydrogen (secondary N) is 2. The molecule has 2 aliphatic rings. The van der Waals surface area contributed by atoms with E-state index in [9.17, 15) is 9.59 Å². The van der Waals surface area contributed by atoms with Gasteiger partial charge < -0.3 is 24.7 Å². The molecule has 2 atom stereocenters. The van der Waals surface area contributed by atoms with Crippen LogP contribution < -0.4 is 10.6 Å². The van der Waals surface area contributed by atoms with Gasteiger partial charge in [0.25, 0.3) is 0 Å². The van der Waals surface area contributed by atoms with Crippen LogP contribution in [0, 0.1) is 13.8 Å². The summed E-state index contributed by atoms with van der Waals surface area (Å²) in [5.74, 6) is 0.0388. The number of aromatic nitrogens is 2. The molecule has 1 fully saturated rings. The largest absolute Gasteiger partial charge is 0.463 e. The number of rotatable bonds is 8. The first-order valence-corrected chi connectivity index (χ1v) is 11.2. The molecular formula is C20H30N4O4S. The van der Waals surface area contributed by atoms with Crippen molar-refractivity contribution in [2.75, 3.05) is 19.0 Å². The third-order valence-corrected chi connectivity index (χ3v) is 6.33. The highest BCUT2D eigenvalue weighted by Gasteiger charge is 2.31. The molecular weight excluding hydrogens is 392 g/mol. The number of nitrogens with zero attached hydrogens (tertiary/aromatic N) is 2. The third kappa shape index (κ3) is 4.95. The molecule has 0 spiro atoms. The van der Waals surface area contributed by atoms with Gasteiger partial charge in [-0.2, -0.15) is 0 Å². The smallest absolute Gasteiger partial charge is 0.337 e. The van der Waals surface area contributed by atoms with Gasteiger partial charge in [0, 0.05) is 23.8 Å². The fourth-order valence-electron chi connectivity index (χ4n) is 3.65. The average Bonchev–Trinajstić information content (AvgIpc) is 3.30. The molecule has 0 aliphatic carbocycles. The molecule has 0 saturated carbocycles. The summed E-state index contributed by atoms with van der Waals surface area (Å²) in [6.07, 6.45) is 2.96. The minimum Gasteiger partial charge on any atom is -0.463 e. The quantitative estimate of drug-likeness (QED) is 0.494. The maximum atomic E-state index is 12.5. The summed E-state index contributed by atoms with van der Waals surface area (Å²) >= 11 is 1.51. The van der Waals surface area contributed by atoms with Crippen molar-refractivity contribution in [3.63, 3.8) is 0 Å². The van der Waals surface area contributed by atoms with E-state index in [4.69, 9.17) is 14.5 Å². The van der Waals surface area contributed by atoms with Gasteiger partial charge in [0.15, 0.2) is 5.16 Å². The Bertz CT molecular complexity index is 799. The Balaban J connectivity index is 1.83. The standard InChI is InChI=1S/C20H30N4O4S/c1-5-15-17(18(25)27-6-2)16(23-19(26)22-15)11-29-20-21-12(3)13(4)24(20)10-14-8-7-9-28-14/h14-15H,5-11H2,1-4H3,(H2,22,23,26)/t14-,15-/m0/s1. The van der Waals surface area contributed by atoms with Crippen LogP contribution in [-0.2, 0) is 20.8 Å². The summed E-state index contributed by atoms with van der Waals surface area (Å²) in [6, 6.07) is -0.649. The van der Waals surface area contributed by atoms with Crippen LogP contribution in [0.25, 0.3) is 0 Å². The molecule has 9 heteroatoms. The van der Waals surface area contributed by atoms with Crippen molar-refractivity contribution in [3.05, 3.63) is 22.7 Å². The molecule has 29 heavy (non-hydrogen) atoms. The number of imidazole rings is 1. The normalized spacial score (nSPS) is 21.9. The van der Waals surface area contributed by atoms with E-state index in [0.717, 1.165) is 42.5 Å². The summed E-state index contributed by atoms with van der Waals surface area (Å²) in [6.45, 7) is 9.63. The maximum absolute atomic E-state index is 12.5. The molecule has 1 aromatic heterocycles. The highest BCUT2D eigenvalue weighted by molar-refractivity contribution is 7.99. The monoisotopic (exact) mass is 422 g/mol. The summed E-state index contributed by atoms with van der Waals surface area (Å²) < 4.78 is 13.2. The van der Waals surface area contributed by atoms with E-state index in [2.05, 4.69) is 22.1 Å². The number of esters is 1. The van der Waals surface area contributed by atoms with Gasteiger partial charge in [-0.15, -0.1) is 0 Å². The first-order valence-electron chi connectivity index (χ1n) is 10.2. The van der Waals surface area contributed by atoms with Crippen molar-refractivity contribution in [3.8, 4) is 0 Å². The number of aryl methyl sites for hydroxylation is 1. The molecule has 8 nitrogen and oxygen atoms in total. The van der Waals surface area contributed by atoms with E-state index < -0.39 is 5.97 Å². The van der Waals surface area contributed by atoms with E-state index in [1.54, 1.807) is 6.92 Å². The molecule has 3 rings (SSSR count). The number of ether oxygens (including phenoxy) is 2. The maximum Gasteiger partial charge on any atom is 0.337 e. The fourth-order valence-corrected chi connectivity index (χ4v) is 4.72. The van der Waals surface area contributed by atoms with E-state index in [0.29, 0.717) is 23.4 Å². The SMILES string of the molecule is CCOC(=O)C1=C(CSc2nc(C)c(C)n2C[C@@H]2CCCO2)NC(=O)N[C@H]1CC. The van der Waals surface area contributed by atoms with Crippen LogP contribution in [0.4, 0.5) is 4.79 Å². The average molecular weight is 423 g/mol. The van der Waals surface area contributed by atoms with Crippen molar-refractivity contribution in [2.24, 2.45) is 0 Å². The number of hydrogen-bond acceptors (Lipinski definition) is 6. The van der Waals surface area contributed by atoms with Gasteiger partial charge in [-0.05, 0) is 40.0 Å². The van der Waals surface area contributed by atoms with Crippen LogP contribution in [0.15, 0.2) is 16.4 Å². The summed E-state index contributed by atoms with van der Waals surface area (Å²) in [7, 11) is 0. The summed E-state index contributed by atoms with van der Waals surface area (Å²) in [4.78, 5) is 29.3. The van der Waals surface area contributed by atoms with Crippen molar-refractivity contribution in [1.29, 1.82) is 0 Å². The van der Waals surface area contributed by atoms with E-state index >= 15 is 0 Å². The van der Waals surface area contributed by atoms with Gasteiger partial charge in [-0.25, -0.2) is 14.6 Å². The lowest BCUT2D eigenvalue weighted by Crippen LogP contribution is -2.50. The van der Waals surface area contributed by atoms with Crippen molar-refractivity contribution in [1.82, 2.24) is 20.2 Å². The summed E-state index contributed by atoms with van der Waals surface area (Å²) in [5, 5.41) is 6.47. The topological polar surface area (TPSA) is 94.5 Å². The molecule has 0 unspecified atom stereocenters. The number of urea groups is 1. The second-order valence-corrected chi connectivity index (χ2v) is 8.21. The molecule has 160 valence electrons. The Morgan fingerprint density at radius 1 is 1.38 bits per heavy atom. The zero-order chi connectivity index (χ0) is 21.0. The van der Waals surface area contributed by atoms with Gasteiger partial charge >= 0.3 is 12.0 Å². The van der Waals surface area contributed by atoms with Gasteiger partial charge in [-0.1, -0.05) is 18.7 Å². The molecule has 0 radical (unpaired) electrons. The highest BCUT2D eigenvalue weighted by atomic mass is 32.2. The number of carbonyl (C=O) groups excluding carboxylic acids is 2. The highest BCUT2D eigenvalue weighted by Crippen LogP contribution is 2.27. The lowest BCUT2D eigenvalue weighted by atomic mass is 10.0. The van der Waals surface area contributed by atoms with E-state index in [1.807, 2.05) is 13.8 Å². The molecule has 2 amide bonds. The predicted octanol–water partition coefficient (Wildman–Crippen LogP) is 2.68. The Kier molecular flexibility index (Phi) is 7.23. The fraction of sp³-hybridized carbons (Fsp3) is 0.650. The molecule has 3 heterocycles. The lowest BCUT2D eigenvalue weighted by Gasteiger charge is -2.28. The molecule has 0 aromatic carbocycles. The van der Waals surface area contributed by atoms with Crippen LogP contribution in [0.3, 0.4) is 0 Å². The van der Waals surface area contributed by atoms with Crippen LogP contribution >= 0.6 is 11.8 Å². The van der Waals surface area contributed by atoms with Gasteiger partial charge in [-0.3, -0.25) is 0 Å². The minimum absolute atomic E-state index is 0.207. The Morgan fingerprint density at radius 2 is 2.17 bits per heavy atom. The van der Waals surface area contributed by atoms with E-state index in [-0.39, 0.29) is 24.8 Å². The Hall–Kier alpha value is -2.00. The van der Waals surface area contributed by atoms with Crippen LogP contribution in [0.2, 0.25) is 0 Å². The van der Waals surface area contributed by atoms with E-state index in [1.165, 1.54) is 11.8 Å². The van der Waals surface area contributed by atoms with Gasteiger partial charge in [0.05, 0.1) is 36.6 Å². The molecule has 1 saturated heterocycles. The number of amides is 2. The van der Waals surface area contributed by atoms with Gasteiger partial charge in [0.1, 0.15) is 0 Å². The van der Waals surface area contributed by atoms with Gasteiger partial charge in [0.2, 0.25) is 0 Å².